The molecule has 0 amide bonds. The summed E-state index contributed by atoms with van der Waals surface area (Å²) >= 11 is 0. The molecule has 2 aromatic carbocycles. The van der Waals surface area contributed by atoms with E-state index in [4.69, 9.17) is 0 Å². The number of benzene rings is 2. The first kappa shape index (κ1) is 12.3. The first-order valence-corrected chi connectivity index (χ1v) is 7.14. The van der Waals surface area contributed by atoms with E-state index >= 15 is 0 Å². The van der Waals surface area contributed by atoms with Gasteiger partial charge >= 0.3 is 0 Å². The molecule has 2 aromatic rings. The molecule has 0 atom stereocenters. The summed E-state index contributed by atoms with van der Waals surface area (Å²) in [5, 5.41) is 3.47. The Labute approximate surface area is 115 Å². The third-order valence-corrected chi connectivity index (χ3v) is 4.00. The number of fused-ring (bicyclic) bond motifs is 1. The van der Waals surface area contributed by atoms with E-state index in [0.717, 1.165) is 13.0 Å². The third kappa shape index (κ3) is 2.65. The minimum Gasteiger partial charge on any atom is -0.385 e. The maximum atomic E-state index is 3.47. The average Bonchev–Trinajstić information content (AvgIpc) is 2.42. The first-order valence-electron chi connectivity index (χ1n) is 7.14. The molecule has 0 saturated carbocycles. The number of anilines is 1. The lowest BCUT2D eigenvalue weighted by molar-refractivity contribution is 0.828. The number of hydrogen-bond acceptors (Lipinski definition) is 1. The van der Waals surface area contributed by atoms with Crippen LogP contribution in [-0.4, -0.2) is 6.54 Å². The molecule has 98 valence electrons. The third-order valence-electron chi connectivity index (χ3n) is 4.00. The Kier molecular flexibility index (Phi) is 3.29. The molecule has 3 rings (SSSR count). The van der Waals surface area contributed by atoms with Crippen LogP contribution in [0.25, 0.3) is 0 Å². The van der Waals surface area contributed by atoms with Gasteiger partial charge in [-0.15, -0.1) is 0 Å². The fourth-order valence-corrected chi connectivity index (χ4v) is 2.90. The highest BCUT2D eigenvalue weighted by atomic mass is 14.9. The Morgan fingerprint density at radius 1 is 1.05 bits per heavy atom. The summed E-state index contributed by atoms with van der Waals surface area (Å²) in [6.07, 6.45) is 3.50. The molecule has 1 heteroatoms. The van der Waals surface area contributed by atoms with Gasteiger partial charge in [0.25, 0.3) is 0 Å². The smallest absolute Gasteiger partial charge is 0.0372 e. The molecular weight excluding hydrogens is 230 g/mol. The quantitative estimate of drug-likeness (QED) is 0.841. The van der Waals surface area contributed by atoms with Gasteiger partial charge < -0.3 is 5.32 Å². The highest BCUT2D eigenvalue weighted by Crippen LogP contribution is 2.24. The van der Waals surface area contributed by atoms with Crippen molar-refractivity contribution in [2.75, 3.05) is 11.9 Å². The zero-order valence-electron chi connectivity index (χ0n) is 11.8. The summed E-state index contributed by atoms with van der Waals surface area (Å²) in [5.74, 6) is 0. The normalized spacial score (nSPS) is 13.8. The largest absolute Gasteiger partial charge is 0.385 e. The molecule has 1 N–H and O–H groups in total. The van der Waals surface area contributed by atoms with Gasteiger partial charge in [0.15, 0.2) is 0 Å². The van der Waals surface area contributed by atoms with Crippen molar-refractivity contribution in [1.82, 2.24) is 0 Å². The maximum absolute atomic E-state index is 3.47. The summed E-state index contributed by atoms with van der Waals surface area (Å²) < 4.78 is 0. The van der Waals surface area contributed by atoms with Crippen LogP contribution in [0.3, 0.4) is 0 Å². The molecule has 1 aliphatic heterocycles. The predicted octanol–water partition coefficient (Wildman–Crippen LogP) is 4.25. The predicted molar refractivity (Wildman–Crippen MR) is 82.0 cm³/mol. The van der Waals surface area contributed by atoms with E-state index in [2.05, 4.69) is 55.6 Å². The molecule has 1 heterocycles. The van der Waals surface area contributed by atoms with E-state index in [1.807, 2.05) is 0 Å². The van der Waals surface area contributed by atoms with Crippen molar-refractivity contribution < 1.29 is 0 Å². The molecule has 0 fully saturated rings. The van der Waals surface area contributed by atoms with Gasteiger partial charge in [0, 0.05) is 12.2 Å². The molecular formula is C18H21N. The van der Waals surface area contributed by atoms with Crippen molar-refractivity contribution >= 4 is 5.69 Å². The summed E-state index contributed by atoms with van der Waals surface area (Å²) in [4.78, 5) is 0. The van der Waals surface area contributed by atoms with Gasteiger partial charge in [0.05, 0.1) is 0 Å². The van der Waals surface area contributed by atoms with Crippen molar-refractivity contribution in [3.63, 3.8) is 0 Å². The second kappa shape index (κ2) is 5.08. The molecule has 0 radical (unpaired) electrons. The number of rotatable bonds is 2. The minimum atomic E-state index is 1.04. The monoisotopic (exact) mass is 251 g/mol. The Hall–Kier alpha value is -1.76. The molecule has 0 bridgehead atoms. The molecule has 0 saturated heterocycles. The van der Waals surface area contributed by atoms with Gasteiger partial charge in [-0.25, -0.2) is 0 Å². The first-order chi connectivity index (χ1) is 9.22. The SMILES string of the molecule is Cc1ccc(Cc2ccc3c(c2)CCCN3)c(C)c1. The summed E-state index contributed by atoms with van der Waals surface area (Å²) in [6, 6.07) is 13.6. The maximum Gasteiger partial charge on any atom is 0.0372 e. The number of nitrogens with one attached hydrogen (secondary N) is 1. The Balaban J connectivity index is 1.87. The lowest BCUT2D eigenvalue weighted by Gasteiger charge is -2.19. The van der Waals surface area contributed by atoms with E-state index in [9.17, 15) is 0 Å². The van der Waals surface area contributed by atoms with Crippen molar-refractivity contribution in [3.05, 3.63) is 64.2 Å². The lowest BCUT2D eigenvalue weighted by Crippen LogP contribution is -2.11. The standard InChI is InChI=1S/C18H21N/c1-13-5-7-16(14(2)10-13)11-15-6-8-18-17(12-15)4-3-9-19-18/h5-8,10,12,19H,3-4,9,11H2,1-2H3. The molecule has 1 aliphatic rings. The molecule has 0 unspecified atom stereocenters. The zero-order chi connectivity index (χ0) is 13.2. The molecule has 19 heavy (non-hydrogen) atoms. The Bertz CT molecular complexity index is 599. The van der Waals surface area contributed by atoms with Crippen LogP contribution < -0.4 is 5.32 Å². The summed E-state index contributed by atoms with van der Waals surface area (Å²) in [7, 11) is 0. The van der Waals surface area contributed by atoms with Crippen LogP contribution in [0.4, 0.5) is 5.69 Å². The van der Waals surface area contributed by atoms with Crippen molar-refractivity contribution in [3.8, 4) is 0 Å². The lowest BCUT2D eigenvalue weighted by atomic mass is 9.95. The molecule has 0 aromatic heterocycles. The second-order valence-electron chi connectivity index (χ2n) is 5.63. The summed E-state index contributed by atoms with van der Waals surface area (Å²) in [5.41, 5.74) is 8.42. The van der Waals surface area contributed by atoms with Gasteiger partial charge in [0.1, 0.15) is 0 Å². The van der Waals surface area contributed by atoms with Crippen LogP contribution in [-0.2, 0) is 12.8 Å². The highest BCUT2D eigenvalue weighted by Gasteiger charge is 2.09. The van der Waals surface area contributed by atoms with E-state index in [1.165, 1.54) is 46.3 Å². The van der Waals surface area contributed by atoms with Crippen LogP contribution in [0.15, 0.2) is 36.4 Å². The van der Waals surface area contributed by atoms with Crippen LogP contribution in [0, 0.1) is 13.8 Å². The molecule has 1 nitrogen and oxygen atoms in total. The topological polar surface area (TPSA) is 12.0 Å². The van der Waals surface area contributed by atoms with E-state index < -0.39 is 0 Å². The second-order valence-corrected chi connectivity index (χ2v) is 5.63. The molecule has 0 aliphatic carbocycles. The minimum absolute atomic E-state index is 1.04. The van der Waals surface area contributed by atoms with Crippen molar-refractivity contribution in [2.45, 2.75) is 33.1 Å². The average molecular weight is 251 g/mol. The summed E-state index contributed by atoms with van der Waals surface area (Å²) in [6.45, 7) is 5.48. The van der Waals surface area contributed by atoms with Crippen LogP contribution in [0.1, 0.15) is 34.2 Å². The van der Waals surface area contributed by atoms with Gasteiger partial charge in [-0.2, -0.15) is 0 Å². The molecule has 0 spiro atoms. The number of aryl methyl sites for hydroxylation is 3. The van der Waals surface area contributed by atoms with E-state index in [1.54, 1.807) is 0 Å². The van der Waals surface area contributed by atoms with E-state index in [0.29, 0.717) is 0 Å². The van der Waals surface area contributed by atoms with Crippen molar-refractivity contribution in [1.29, 1.82) is 0 Å². The Morgan fingerprint density at radius 2 is 1.95 bits per heavy atom. The zero-order valence-corrected chi connectivity index (χ0v) is 11.8. The van der Waals surface area contributed by atoms with Gasteiger partial charge in [0.2, 0.25) is 0 Å². The van der Waals surface area contributed by atoms with Gasteiger partial charge in [-0.05, 0) is 61.4 Å². The van der Waals surface area contributed by atoms with Gasteiger partial charge in [-0.1, -0.05) is 35.9 Å². The highest BCUT2D eigenvalue weighted by molar-refractivity contribution is 5.55. The Morgan fingerprint density at radius 3 is 2.79 bits per heavy atom. The van der Waals surface area contributed by atoms with Crippen LogP contribution in [0.5, 0.6) is 0 Å². The fraction of sp³-hybridized carbons (Fsp3) is 0.333. The number of hydrogen-bond donors (Lipinski definition) is 1. The van der Waals surface area contributed by atoms with Gasteiger partial charge in [-0.3, -0.25) is 0 Å². The van der Waals surface area contributed by atoms with Crippen LogP contribution in [0.2, 0.25) is 0 Å². The van der Waals surface area contributed by atoms with Crippen LogP contribution >= 0.6 is 0 Å². The van der Waals surface area contributed by atoms with E-state index in [-0.39, 0.29) is 0 Å². The van der Waals surface area contributed by atoms with Crippen molar-refractivity contribution in [2.24, 2.45) is 0 Å². The fourth-order valence-electron chi connectivity index (χ4n) is 2.90.